The molecule has 0 aromatic heterocycles. The Bertz CT molecular complexity index is 586. The number of hydrogen-bond donors (Lipinski definition) is 1. The van der Waals surface area contributed by atoms with E-state index in [0.717, 1.165) is 19.2 Å². The maximum Gasteiger partial charge on any atom is 0.240 e. The summed E-state index contributed by atoms with van der Waals surface area (Å²) in [5, 5.41) is 0. The summed E-state index contributed by atoms with van der Waals surface area (Å²) in [6.07, 6.45) is 0. The lowest BCUT2D eigenvalue weighted by atomic mass is 10.2. The van der Waals surface area contributed by atoms with E-state index >= 15 is 0 Å². The predicted octanol–water partition coefficient (Wildman–Crippen LogP) is 1.13. The molecule has 1 saturated heterocycles. The third-order valence-electron chi connectivity index (χ3n) is 3.45. The number of morpholine rings is 1. The fourth-order valence-electron chi connectivity index (χ4n) is 2.28. The van der Waals surface area contributed by atoms with Crippen LogP contribution in [0.5, 0.6) is 0 Å². The van der Waals surface area contributed by atoms with Crippen molar-refractivity contribution in [2.45, 2.75) is 24.8 Å². The van der Waals surface area contributed by atoms with Gasteiger partial charge in [0.05, 0.1) is 18.1 Å². The highest BCUT2D eigenvalue weighted by Gasteiger charge is 2.21. The third-order valence-corrected chi connectivity index (χ3v) is 5.03. The Balaban J connectivity index is 2.00. The second-order valence-electron chi connectivity index (χ2n) is 5.35. The lowest BCUT2D eigenvalue weighted by molar-refractivity contribution is 0.0354. The van der Waals surface area contributed by atoms with Crippen molar-refractivity contribution in [3.05, 3.63) is 29.6 Å². The molecule has 0 radical (unpaired) electrons. The van der Waals surface area contributed by atoms with Gasteiger partial charge in [-0.2, -0.15) is 0 Å². The maximum atomic E-state index is 13.5. The lowest BCUT2D eigenvalue weighted by Gasteiger charge is -2.29. The van der Waals surface area contributed by atoms with E-state index in [0.29, 0.717) is 25.3 Å². The lowest BCUT2D eigenvalue weighted by Crippen LogP contribution is -2.45. The van der Waals surface area contributed by atoms with Crippen LogP contribution in [0.2, 0.25) is 0 Å². The molecule has 1 fully saturated rings. The van der Waals surface area contributed by atoms with Crippen molar-refractivity contribution in [2.24, 2.45) is 0 Å². The summed E-state index contributed by atoms with van der Waals surface area (Å²) in [6.45, 7) is 6.94. The first-order valence-electron chi connectivity index (χ1n) is 6.97. The average molecular weight is 316 g/mol. The second-order valence-corrected chi connectivity index (χ2v) is 7.06. The summed E-state index contributed by atoms with van der Waals surface area (Å²) >= 11 is 0. The van der Waals surface area contributed by atoms with Crippen molar-refractivity contribution in [1.29, 1.82) is 0 Å². The quantitative estimate of drug-likeness (QED) is 0.885. The number of sulfonamides is 1. The number of ether oxygens (including phenoxy) is 1. The second kappa shape index (κ2) is 6.83. The van der Waals surface area contributed by atoms with Crippen LogP contribution in [-0.2, 0) is 14.8 Å². The molecule has 5 nitrogen and oxygen atoms in total. The summed E-state index contributed by atoms with van der Waals surface area (Å²) in [7, 11) is -3.70. The van der Waals surface area contributed by atoms with Crippen molar-refractivity contribution in [1.82, 2.24) is 9.62 Å². The van der Waals surface area contributed by atoms with E-state index in [2.05, 4.69) is 9.62 Å². The van der Waals surface area contributed by atoms with E-state index in [-0.39, 0.29) is 10.9 Å². The smallest absolute Gasteiger partial charge is 0.240 e. The number of benzene rings is 1. The van der Waals surface area contributed by atoms with Crippen molar-refractivity contribution >= 4 is 10.0 Å². The molecule has 0 aliphatic carbocycles. The van der Waals surface area contributed by atoms with E-state index in [1.165, 1.54) is 12.1 Å². The van der Waals surface area contributed by atoms with Gasteiger partial charge in [-0.05, 0) is 31.5 Å². The van der Waals surface area contributed by atoms with Gasteiger partial charge in [0.15, 0.2) is 0 Å². The minimum Gasteiger partial charge on any atom is -0.379 e. The highest BCUT2D eigenvalue weighted by atomic mass is 32.2. The van der Waals surface area contributed by atoms with E-state index < -0.39 is 15.8 Å². The Morgan fingerprint density at radius 1 is 1.38 bits per heavy atom. The summed E-state index contributed by atoms with van der Waals surface area (Å²) in [6, 6.07) is 3.69. The molecule has 0 unspecified atom stereocenters. The van der Waals surface area contributed by atoms with Crippen molar-refractivity contribution < 1.29 is 17.5 Å². The maximum absolute atomic E-state index is 13.5. The topological polar surface area (TPSA) is 58.6 Å². The number of nitrogens with one attached hydrogen (secondary N) is 1. The monoisotopic (exact) mass is 316 g/mol. The number of hydrogen-bond acceptors (Lipinski definition) is 4. The molecule has 0 saturated carbocycles. The van der Waals surface area contributed by atoms with Crippen LogP contribution in [0.4, 0.5) is 4.39 Å². The molecule has 7 heteroatoms. The van der Waals surface area contributed by atoms with E-state index in [9.17, 15) is 12.8 Å². The molecule has 1 aliphatic heterocycles. The van der Waals surface area contributed by atoms with Crippen LogP contribution in [0.3, 0.4) is 0 Å². The Morgan fingerprint density at radius 3 is 2.67 bits per heavy atom. The highest BCUT2D eigenvalue weighted by molar-refractivity contribution is 7.89. The number of halogens is 1. The number of nitrogens with zero attached hydrogens (tertiary/aromatic N) is 1. The van der Waals surface area contributed by atoms with Gasteiger partial charge in [0.2, 0.25) is 10.0 Å². The fourth-order valence-corrected chi connectivity index (χ4v) is 3.53. The van der Waals surface area contributed by atoms with Crippen LogP contribution < -0.4 is 4.72 Å². The molecule has 0 amide bonds. The van der Waals surface area contributed by atoms with Gasteiger partial charge in [0.1, 0.15) is 5.82 Å². The summed E-state index contributed by atoms with van der Waals surface area (Å²) in [5.41, 5.74) is 0.426. The largest absolute Gasteiger partial charge is 0.379 e. The molecule has 1 atom stereocenters. The minimum atomic E-state index is -3.70. The Kier molecular flexibility index (Phi) is 5.32. The first-order chi connectivity index (χ1) is 9.88. The zero-order valence-electron chi connectivity index (χ0n) is 12.3. The molecule has 2 rings (SSSR count). The van der Waals surface area contributed by atoms with Crippen LogP contribution in [0, 0.1) is 12.7 Å². The first kappa shape index (κ1) is 16.4. The molecule has 1 heterocycles. The van der Waals surface area contributed by atoms with Gasteiger partial charge >= 0.3 is 0 Å². The Hall–Kier alpha value is -1.02. The zero-order valence-corrected chi connectivity index (χ0v) is 13.1. The fraction of sp³-hybridized carbons (Fsp3) is 0.571. The molecule has 1 aromatic carbocycles. The molecule has 1 N–H and O–H groups in total. The molecule has 0 bridgehead atoms. The predicted molar refractivity (Wildman–Crippen MR) is 78.2 cm³/mol. The van der Waals surface area contributed by atoms with Crippen molar-refractivity contribution in [2.75, 3.05) is 32.8 Å². The van der Waals surface area contributed by atoms with E-state index in [1.807, 2.05) is 0 Å². The van der Waals surface area contributed by atoms with Crippen LogP contribution >= 0.6 is 0 Å². The van der Waals surface area contributed by atoms with Gasteiger partial charge in [-0.25, -0.2) is 17.5 Å². The third kappa shape index (κ3) is 4.47. The van der Waals surface area contributed by atoms with E-state index in [4.69, 9.17) is 4.74 Å². The summed E-state index contributed by atoms with van der Waals surface area (Å²) in [5.74, 6) is -0.515. The van der Waals surface area contributed by atoms with Crippen molar-refractivity contribution in [3.8, 4) is 0 Å². The van der Waals surface area contributed by atoms with E-state index in [1.54, 1.807) is 13.8 Å². The molecular formula is C14H21FN2O3S. The van der Waals surface area contributed by atoms with Crippen LogP contribution in [0.1, 0.15) is 12.5 Å². The molecular weight excluding hydrogens is 295 g/mol. The SMILES string of the molecule is Cc1ccc(S(=O)(=O)N[C@@H](C)CN2CCOCC2)cc1F. The normalized spacial score (nSPS) is 18.6. The van der Waals surface area contributed by atoms with Gasteiger partial charge in [-0.15, -0.1) is 0 Å². The standard InChI is InChI=1S/C14H21FN2O3S/c1-11-3-4-13(9-14(11)15)21(18,19)16-12(2)10-17-5-7-20-8-6-17/h3-4,9,12,16H,5-8,10H2,1-2H3/t12-/m0/s1. The van der Waals surface area contributed by atoms with Gasteiger partial charge < -0.3 is 4.74 Å². The summed E-state index contributed by atoms with van der Waals surface area (Å²) < 4.78 is 45.8. The Labute approximate surface area is 125 Å². The average Bonchev–Trinajstić information content (AvgIpc) is 2.42. The number of rotatable bonds is 5. The zero-order chi connectivity index (χ0) is 15.5. The minimum absolute atomic E-state index is 0.0422. The van der Waals surface area contributed by atoms with Crippen LogP contribution in [0.25, 0.3) is 0 Å². The molecule has 1 aromatic rings. The summed E-state index contributed by atoms with van der Waals surface area (Å²) in [4.78, 5) is 2.10. The van der Waals surface area contributed by atoms with Crippen molar-refractivity contribution in [3.63, 3.8) is 0 Å². The van der Waals surface area contributed by atoms with Crippen LogP contribution in [0.15, 0.2) is 23.1 Å². The molecule has 21 heavy (non-hydrogen) atoms. The molecule has 1 aliphatic rings. The van der Waals surface area contributed by atoms with Gasteiger partial charge in [0.25, 0.3) is 0 Å². The first-order valence-corrected chi connectivity index (χ1v) is 8.45. The number of aryl methyl sites for hydroxylation is 1. The molecule has 118 valence electrons. The molecule has 0 spiro atoms. The van der Waals surface area contributed by atoms with Gasteiger partial charge in [-0.3, -0.25) is 4.90 Å². The Morgan fingerprint density at radius 2 is 2.05 bits per heavy atom. The van der Waals surface area contributed by atoms with Crippen LogP contribution in [-0.4, -0.2) is 52.2 Å². The van der Waals surface area contributed by atoms with Gasteiger partial charge in [0, 0.05) is 25.7 Å². The highest BCUT2D eigenvalue weighted by Crippen LogP contribution is 2.14. The van der Waals surface area contributed by atoms with Gasteiger partial charge in [-0.1, -0.05) is 6.07 Å².